The zero-order valence-electron chi connectivity index (χ0n) is 6.59. The van der Waals surface area contributed by atoms with E-state index in [0.717, 1.165) is 0 Å². The van der Waals surface area contributed by atoms with E-state index in [0.29, 0.717) is 6.42 Å². The summed E-state index contributed by atoms with van der Waals surface area (Å²) in [6.45, 7) is 1.84. The fourth-order valence-electron chi connectivity index (χ4n) is 0.562. The van der Waals surface area contributed by atoms with Gasteiger partial charge in [-0.2, -0.15) is 0 Å². The molecule has 4 heteroatoms. The van der Waals surface area contributed by atoms with Crippen molar-refractivity contribution >= 4 is 11.7 Å². The maximum absolute atomic E-state index is 10.7. The lowest BCUT2D eigenvalue weighted by Gasteiger charge is -1.99. The monoisotopic (exact) mass is 159 g/mol. The Morgan fingerprint density at radius 2 is 2.09 bits per heavy atom. The summed E-state index contributed by atoms with van der Waals surface area (Å²) in [6.07, 6.45) is 0.309. The molecule has 0 unspecified atom stereocenters. The highest BCUT2D eigenvalue weighted by Gasteiger charge is 2.05. The topological polar surface area (TPSA) is 66.4 Å². The van der Waals surface area contributed by atoms with Gasteiger partial charge in [0.15, 0.2) is 0 Å². The van der Waals surface area contributed by atoms with Crippen molar-refractivity contribution in [3.63, 3.8) is 0 Å². The maximum atomic E-state index is 10.7. The van der Waals surface area contributed by atoms with Crippen LogP contribution in [0.5, 0.6) is 0 Å². The fourth-order valence-corrected chi connectivity index (χ4v) is 0.562. The molecule has 0 aromatic rings. The number of hydrogen-bond acceptors (Lipinski definition) is 3. The zero-order valence-corrected chi connectivity index (χ0v) is 6.59. The third kappa shape index (κ3) is 5.54. The molecular formula is C7H13NO3. The minimum atomic E-state index is -0.314. The number of hydrogen-bond donors (Lipinski definition) is 2. The van der Waals surface area contributed by atoms with Gasteiger partial charge in [-0.05, 0) is 0 Å². The van der Waals surface area contributed by atoms with Crippen molar-refractivity contribution in [3.05, 3.63) is 0 Å². The van der Waals surface area contributed by atoms with Gasteiger partial charge in [-0.15, -0.1) is 0 Å². The van der Waals surface area contributed by atoms with Crippen LogP contribution < -0.4 is 5.32 Å². The summed E-state index contributed by atoms with van der Waals surface area (Å²) in [5, 5.41) is 10.7. The van der Waals surface area contributed by atoms with Gasteiger partial charge in [0.25, 0.3) is 0 Å². The van der Waals surface area contributed by atoms with Gasteiger partial charge in [0.2, 0.25) is 5.91 Å². The normalized spacial score (nSPS) is 9.27. The molecule has 1 amide bonds. The van der Waals surface area contributed by atoms with Gasteiger partial charge >= 0.3 is 0 Å². The van der Waals surface area contributed by atoms with Crippen LogP contribution in [0.15, 0.2) is 0 Å². The number of Topliss-reactive ketones (excluding diaryl/α,β-unsaturated/α-hetero) is 1. The molecule has 0 rings (SSSR count). The second-order valence-electron chi connectivity index (χ2n) is 2.14. The Morgan fingerprint density at radius 3 is 2.55 bits per heavy atom. The highest BCUT2D eigenvalue weighted by Crippen LogP contribution is 1.87. The Balaban J connectivity index is 3.44. The van der Waals surface area contributed by atoms with Gasteiger partial charge in [-0.3, -0.25) is 9.59 Å². The summed E-state index contributed by atoms with van der Waals surface area (Å²) in [7, 11) is 0. The molecule has 4 nitrogen and oxygen atoms in total. The van der Waals surface area contributed by atoms with Crippen molar-refractivity contribution in [2.45, 2.75) is 19.8 Å². The molecule has 0 aliphatic carbocycles. The molecule has 2 N–H and O–H groups in total. The maximum Gasteiger partial charge on any atom is 0.227 e. The molecule has 0 heterocycles. The van der Waals surface area contributed by atoms with E-state index in [1.165, 1.54) is 0 Å². The molecule has 0 radical (unpaired) electrons. The smallest absolute Gasteiger partial charge is 0.227 e. The minimum absolute atomic E-state index is 0.0729. The first-order chi connectivity index (χ1) is 5.20. The summed E-state index contributed by atoms with van der Waals surface area (Å²) in [5.74, 6) is -0.397. The van der Waals surface area contributed by atoms with Gasteiger partial charge in [-0.1, -0.05) is 6.92 Å². The van der Waals surface area contributed by atoms with E-state index in [1.54, 1.807) is 6.92 Å². The lowest BCUT2D eigenvalue weighted by Crippen LogP contribution is -2.28. The molecule has 0 aromatic carbocycles. The van der Waals surface area contributed by atoms with Gasteiger partial charge in [0.05, 0.1) is 13.0 Å². The van der Waals surface area contributed by atoms with E-state index in [2.05, 4.69) is 5.32 Å². The first kappa shape index (κ1) is 10.1. The number of ketones is 1. The number of aliphatic hydroxyl groups excluding tert-OH is 1. The average molecular weight is 159 g/mol. The van der Waals surface area contributed by atoms with Crippen LogP contribution in [0.1, 0.15) is 19.8 Å². The molecule has 0 aromatic heterocycles. The van der Waals surface area contributed by atoms with Crippen LogP contribution in [0.25, 0.3) is 0 Å². The first-order valence-corrected chi connectivity index (χ1v) is 3.60. The Labute approximate surface area is 65.6 Å². The number of rotatable bonds is 5. The molecule has 0 aliphatic heterocycles. The van der Waals surface area contributed by atoms with Crippen LogP contribution in [-0.4, -0.2) is 29.9 Å². The molecule has 0 fully saturated rings. The molecule has 0 saturated heterocycles. The van der Waals surface area contributed by atoms with Crippen molar-refractivity contribution in [2.24, 2.45) is 0 Å². The Morgan fingerprint density at radius 1 is 1.45 bits per heavy atom. The average Bonchev–Trinajstić information content (AvgIpc) is 2.00. The quantitative estimate of drug-likeness (QED) is 0.530. The fraction of sp³-hybridized carbons (Fsp3) is 0.714. The largest absolute Gasteiger partial charge is 0.395 e. The van der Waals surface area contributed by atoms with E-state index in [-0.39, 0.29) is 31.3 Å². The molecule has 64 valence electrons. The third-order valence-electron chi connectivity index (χ3n) is 1.19. The summed E-state index contributed by atoms with van der Waals surface area (Å²) in [6, 6.07) is 0. The molecular weight excluding hydrogens is 146 g/mol. The lowest BCUT2D eigenvalue weighted by molar-refractivity contribution is -0.128. The van der Waals surface area contributed by atoms with Crippen molar-refractivity contribution in [1.29, 1.82) is 0 Å². The molecule has 0 saturated carbocycles. The van der Waals surface area contributed by atoms with E-state index < -0.39 is 0 Å². The van der Waals surface area contributed by atoms with Crippen LogP contribution in [-0.2, 0) is 9.59 Å². The SMILES string of the molecule is CCC(=O)CC(=O)NCCO. The van der Waals surface area contributed by atoms with Crippen molar-refractivity contribution in [1.82, 2.24) is 5.32 Å². The number of amides is 1. The Bertz CT molecular complexity index is 145. The molecule has 0 bridgehead atoms. The van der Waals surface area contributed by atoms with Crippen LogP contribution in [0.2, 0.25) is 0 Å². The summed E-state index contributed by atoms with van der Waals surface area (Å²) < 4.78 is 0. The highest BCUT2D eigenvalue weighted by atomic mass is 16.3. The van der Waals surface area contributed by atoms with Crippen LogP contribution in [0, 0.1) is 0 Å². The van der Waals surface area contributed by atoms with E-state index in [4.69, 9.17) is 5.11 Å². The predicted molar refractivity (Wildman–Crippen MR) is 40.0 cm³/mol. The standard InChI is InChI=1S/C7H13NO3/c1-2-6(10)5-7(11)8-3-4-9/h9H,2-5H2,1H3,(H,8,11). The molecule has 0 spiro atoms. The zero-order chi connectivity index (χ0) is 8.69. The van der Waals surface area contributed by atoms with Crippen molar-refractivity contribution in [2.75, 3.05) is 13.2 Å². The first-order valence-electron chi connectivity index (χ1n) is 3.60. The summed E-state index contributed by atoms with van der Waals surface area (Å²) in [5.41, 5.74) is 0. The van der Waals surface area contributed by atoms with Crippen molar-refractivity contribution in [3.8, 4) is 0 Å². The van der Waals surface area contributed by atoms with Gasteiger partial charge < -0.3 is 10.4 Å². The lowest BCUT2D eigenvalue weighted by atomic mass is 10.2. The second kappa shape index (κ2) is 5.85. The van der Waals surface area contributed by atoms with Gasteiger partial charge in [0, 0.05) is 13.0 Å². The van der Waals surface area contributed by atoms with E-state index in [9.17, 15) is 9.59 Å². The van der Waals surface area contributed by atoms with Gasteiger partial charge in [0.1, 0.15) is 5.78 Å². The number of carbonyl (C=O) groups excluding carboxylic acids is 2. The number of nitrogens with one attached hydrogen (secondary N) is 1. The van der Waals surface area contributed by atoms with Crippen molar-refractivity contribution < 1.29 is 14.7 Å². The highest BCUT2D eigenvalue weighted by molar-refractivity contribution is 5.97. The number of aliphatic hydroxyl groups is 1. The molecule has 0 aliphatic rings. The van der Waals surface area contributed by atoms with E-state index >= 15 is 0 Å². The van der Waals surface area contributed by atoms with Gasteiger partial charge in [-0.25, -0.2) is 0 Å². The summed E-state index contributed by atoms with van der Waals surface area (Å²) >= 11 is 0. The minimum Gasteiger partial charge on any atom is -0.395 e. The molecule has 0 atom stereocenters. The second-order valence-corrected chi connectivity index (χ2v) is 2.14. The summed E-state index contributed by atoms with van der Waals surface area (Å²) in [4.78, 5) is 21.4. The van der Waals surface area contributed by atoms with Crippen LogP contribution >= 0.6 is 0 Å². The van der Waals surface area contributed by atoms with E-state index in [1.807, 2.05) is 0 Å². The molecule has 11 heavy (non-hydrogen) atoms. The van der Waals surface area contributed by atoms with Crippen LogP contribution in [0.4, 0.5) is 0 Å². The number of carbonyl (C=O) groups is 2. The third-order valence-corrected chi connectivity index (χ3v) is 1.19. The van der Waals surface area contributed by atoms with Crippen LogP contribution in [0.3, 0.4) is 0 Å². The Kier molecular flexibility index (Phi) is 5.37. The Hall–Kier alpha value is -0.900. The predicted octanol–water partition coefficient (Wildman–Crippen LogP) is -0.536.